The Morgan fingerprint density at radius 1 is 0.943 bits per heavy atom. The third-order valence-electron chi connectivity index (χ3n) is 5.77. The normalized spacial score (nSPS) is 13.9. The number of esters is 2. The highest BCUT2D eigenvalue weighted by molar-refractivity contribution is 6.06. The average Bonchev–Trinajstić information content (AvgIpc) is 3.32. The van der Waals surface area contributed by atoms with Crippen molar-refractivity contribution >= 4 is 11.9 Å². The van der Waals surface area contributed by atoms with E-state index in [2.05, 4.69) is 10.00 Å². The summed E-state index contributed by atoms with van der Waals surface area (Å²) in [6.07, 6.45) is 0.915. The van der Waals surface area contributed by atoms with Crippen molar-refractivity contribution in [3.8, 4) is 22.7 Å². The van der Waals surface area contributed by atoms with Gasteiger partial charge in [0.25, 0.3) is 0 Å². The second-order valence-corrected chi connectivity index (χ2v) is 7.98. The van der Waals surface area contributed by atoms with Crippen molar-refractivity contribution < 1.29 is 28.5 Å². The molecule has 1 saturated heterocycles. The molecule has 1 aromatic heterocycles. The molecule has 0 N–H and O–H groups in total. The summed E-state index contributed by atoms with van der Waals surface area (Å²) in [6.45, 7) is 5.05. The van der Waals surface area contributed by atoms with Crippen molar-refractivity contribution in [3.63, 3.8) is 0 Å². The van der Waals surface area contributed by atoms with Crippen molar-refractivity contribution in [1.29, 1.82) is 0 Å². The quantitative estimate of drug-likeness (QED) is 0.341. The van der Waals surface area contributed by atoms with Gasteiger partial charge in [-0.25, -0.2) is 14.3 Å². The summed E-state index contributed by atoms with van der Waals surface area (Å²) in [5.74, 6) is -0.648. The molecule has 1 aliphatic rings. The first-order valence-electron chi connectivity index (χ1n) is 11.5. The van der Waals surface area contributed by atoms with Gasteiger partial charge in [0, 0.05) is 25.2 Å². The average molecular weight is 480 g/mol. The summed E-state index contributed by atoms with van der Waals surface area (Å²) in [7, 11) is 2.53. The highest BCUT2D eigenvalue weighted by Gasteiger charge is 2.31. The molecule has 2 heterocycles. The SMILES string of the molecule is COC(=O)c1c(-c2ccc(OCCCN3CCOCC3)cc2)nn(-c2ccccc2)c1C(=O)OC. The van der Waals surface area contributed by atoms with Gasteiger partial charge in [-0.2, -0.15) is 5.10 Å². The number of ether oxygens (including phenoxy) is 4. The fourth-order valence-corrected chi connectivity index (χ4v) is 3.97. The first-order chi connectivity index (χ1) is 17.1. The monoisotopic (exact) mass is 479 g/mol. The van der Waals surface area contributed by atoms with Gasteiger partial charge in [-0.1, -0.05) is 18.2 Å². The van der Waals surface area contributed by atoms with Crippen LogP contribution in [0.25, 0.3) is 16.9 Å². The third-order valence-corrected chi connectivity index (χ3v) is 5.77. The van der Waals surface area contributed by atoms with Crippen LogP contribution in [0.4, 0.5) is 0 Å². The van der Waals surface area contributed by atoms with Crippen molar-refractivity contribution in [2.45, 2.75) is 6.42 Å². The third kappa shape index (κ3) is 5.70. The topological polar surface area (TPSA) is 92.1 Å². The Bertz CT molecular complexity index is 1140. The maximum absolute atomic E-state index is 12.7. The highest BCUT2D eigenvalue weighted by Crippen LogP contribution is 2.30. The largest absolute Gasteiger partial charge is 0.494 e. The Labute approximate surface area is 204 Å². The molecule has 0 spiro atoms. The molecule has 9 nitrogen and oxygen atoms in total. The summed E-state index contributed by atoms with van der Waals surface area (Å²) >= 11 is 0. The summed E-state index contributed by atoms with van der Waals surface area (Å²) < 4.78 is 22.6. The second kappa shape index (κ2) is 11.6. The Kier molecular flexibility index (Phi) is 8.12. The maximum Gasteiger partial charge on any atom is 0.357 e. The van der Waals surface area contributed by atoms with E-state index in [1.807, 2.05) is 42.5 Å². The summed E-state index contributed by atoms with van der Waals surface area (Å²) in [5.41, 5.74) is 1.63. The predicted molar refractivity (Wildman–Crippen MR) is 129 cm³/mol. The van der Waals surface area contributed by atoms with E-state index < -0.39 is 11.9 Å². The molecule has 0 bridgehead atoms. The molecule has 2 aromatic carbocycles. The van der Waals surface area contributed by atoms with Gasteiger partial charge in [0.1, 0.15) is 17.0 Å². The predicted octanol–water partition coefficient (Wildman–Crippen LogP) is 3.21. The molecule has 0 unspecified atom stereocenters. The fraction of sp³-hybridized carbons (Fsp3) is 0.346. The number of nitrogens with zero attached hydrogens (tertiary/aromatic N) is 3. The molecule has 0 saturated carbocycles. The Morgan fingerprint density at radius 2 is 1.63 bits per heavy atom. The van der Waals surface area contributed by atoms with Crippen molar-refractivity contribution in [2.24, 2.45) is 0 Å². The van der Waals surface area contributed by atoms with Gasteiger partial charge in [0.2, 0.25) is 0 Å². The molecule has 9 heteroatoms. The van der Waals surface area contributed by atoms with Crippen molar-refractivity contribution in [1.82, 2.24) is 14.7 Å². The highest BCUT2D eigenvalue weighted by atomic mass is 16.5. The van der Waals surface area contributed by atoms with Gasteiger partial charge in [-0.15, -0.1) is 0 Å². The zero-order valence-electron chi connectivity index (χ0n) is 19.9. The molecule has 1 fully saturated rings. The van der Waals surface area contributed by atoms with Gasteiger partial charge in [-0.05, 0) is 42.8 Å². The molecule has 35 heavy (non-hydrogen) atoms. The van der Waals surface area contributed by atoms with Crippen LogP contribution in [0.2, 0.25) is 0 Å². The molecule has 0 aliphatic carbocycles. The number of carbonyl (C=O) groups is 2. The molecule has 0 amide bonds. The zero-order chi connectivity index (χ0) is 24.6. The van der Waals surface area contributed by atoms with Crippen LogP contribution in [0.5, 0.6) is 5.75 Å². The Balaban J connectivity index is 1.57. The minimum absolute atomic E-state index is 0.00369. The van der Waals surface area contributed by atoms with Crippen molar-refractivity contribution in [3.05, 3.63) is 65.9 Å². The van der Waals surface area contributed by atoms with E-state index in [4.69, 9.17) is 18.9 Å². The van der Waals surface area contributed by atoms with Gasteiger partial charge in [0.15, 0.2) is 5.69 Å². The Morgan fingerprint density at radius 3 is 2.29 bits per heavy atom. The number of morpholine rings is 1. The van der Waals surface area contributed by atoms with Gasteiger partial charge in [0.05, 0.1) is 39.7 Å². The van der Waals surface area contributed by atoms with Crippen molar-refractivity contribution in [2.75, 3.05) is 53.7 Å². The minimum Gasteiger partial charge on any atom is -0.494 e. The van der Waals surface area contributed by atoms with Gasteiger partial charge >= 0.3 is 11.9 Å². The smallest absolute Gasteiger partial charge is 0.357 e. The first kappa shape index (κ1) is 24.4. The minimum atomic E-state index is -0.687. The second-order valence-electron chi connectivity index (χ2n) is 7.98. The van der Waals surface area contributed by atoms with E-state index in [1.54, 1.807) is 12.1 Å². The zero-order valence-corrected chi connectivity index (χ0v) is 19.9. The van der Waals surface area contributed by atoms with Crippen LogP contribution < -0.4 is 4.74 Å². The molecule has 184 valence electrons. The van der Waals surface area contributed by atoms with E-state index >= 15 is 0 Å². The number of methoxy groups -OCH3 is 2. The lowest BCUT2D eigenvalue weighted by atomic mass is 10.1. The number of hydrogen-bond acceptors (Lipinski definition) is 8. The standard InChI is InChI=1S/C26H29N3O6/c1-32-25(30)22-23(27-29(24(22)26(31)33-2)20-7-4-3-5-8-20)19-9-11-21(12-10-19)35-16-6-13-28-14-17-34-18-15-28/h3-5,7-12H,6,13-18H2,1-2H3. The molecule has 3 aromatic rings. The van der Waals surface area contributed by atoms with Crippen LogP contribution in [0.15, 0.2) is 54.6 Å². The van der Waals surface area contributed by atoms with E-state index in [1.165, 1.54) is 18.9 Å². The number of aromatic nitrogens is 2. The summed E-state index contributed by atoms with van der Waals surface area (Å²) in [6, 6.07) is 16.3. The molecule has 4 rings (SSSR count). The van der Waals surface area contributed by atoms with E-state index in [9.17, 15) is 9.59 Å². The number of carbonyl (C=O) groups excluding carboxylic acids is 2. The molecule has 0 radical (unpaired) electrons. The number of para-hydroxylation sites is 1. The van der Waals surface area contributed by atoms with Gasteiger partial charge < -0.3 is 18.9 Å². The molecule has 0 atom stereocenters. The fourth-order valence-electron chi connectivity index (χ4n) is 3.97. The van der Waals surface area contributed by atoms with E-state index in [-0.39, 0.29) is 11.3 Å². The lowest BCUT2D eigenvalue weighted by molar-refractivity contribution is 0.0358. The van der Waals surface area contributed by atoms with Crippen LogP contribution in [-0.4, -0.2) is 80.3 Å². The molecule has 1 aliphatic heterocycles. The van der Waals surface area contributed by atoms with Crippen LogP contribution >= 0.6 is 0 Å². The summed E-state index contributed by atoms with van der Waals surface area (Å²) in [5, 5.41) is 4.60. The number of rotatable bonds is 9. The molecular weight excluding hydrogens is 450 g/mol. The van der Waals surface area contributed by atoms with Crippen LogP contribution in [0.1, 0.15) is 27.3 Å². The lowest BCUT2D eigenvalue weighted by Gasteiger charge is -2.26. The summed E-state index contributed by atoms with van der Waals surface area (Å²) in [4.78, 5) is 27.8. The lowest BCUT2D eigenvalue weighted by Crippen LogP contribution is -2.37. The van der Waals surface area contributed by atoms with E-state index in [0.29, 0.717) is 29.3 Å². The van der Waals surface area contributed by atoms with Gasteiger partial charge in [-0.3, -0.25) is 4.90 Å². The number of benzene rings is 2. The van der Waals surface area contributed by atoms with E-state index in [0.717, 1.165) is 39.3 Å². The Hall–Kier alpha value is -3.69. The maximum atomic E-state index is 12.7. The van der Waals surface area contributed by atoms with Crippen LogP contribution in [0, 0.1) is 0 Å². The molecular formula is C26H29N3O6. The first-order valence-corrected chi connectivity index (χ1v) is 11.5. The van der Waals surface area contributed by atoms with Crippen LogP contribution in [-0.2, 0) is 14.2 Å². The number of hydrogen-bond donors (Lipinski definition) is 0. The van der Waals surface area contributed by atoms with Crippen LogP contribution in [0.3, 0.4) is 0 Å².